The second-order valence-corrected chi connectivity index (χ2v) is 17.4. The van der Waals surface area contributed by atoms with Crippen molar-refractivity contribution in [2.24, 2.45) is 0 Å². The highest BCUT2D eigenvalue weighted by Gasteiger charge is 2.19. The zero-order chi connectivity index (χ0) is 45.8. The molecule has 0 aliphatic carbocycles. The molecule has 0 aromatic heterocycles. The number of rotatable bonds is 47. The molecule has 0 aromatic rings. The van der Waals surface area contributed by atoms with E-state index in [1.165, 1.54) is 89.9 Å². The van der Waals surface area contributed by atoms with Gasteiger partial charge < -0.3 is 14.2 Å². The summed E-state index contributed by atoms with van der Waals surface area (Å²) in [6.07, 6.45) is 64.6. The van der Waals surface area contributed by atoms with Crippen LogP contribution in [0.1, 0.15) is 252 Å². The van der Waals surface area contributed by atoms with Crippen LogP contribution in [0.25, 0.3) is 0 Å². The molecule has 0 heterocycles. The first-order chi connectivity index (χ1) is 31.0. The summed E-state index contributed by atoms with van der Waals surface area (Å²) in [5, 5.41) is 0. The molecule has 6 nitrogen and oxygen atoms in total. The number of allylic oxidation sites excluding steroid dienone is 12. The van der Waals surface area contributed by atoms with Crippen molar-refractivity contribution in [2.45, 2.75) is 258 Å². The van der Waals surface area contributed by atoms with Gasteiger partial charge in [0.05, 0.1) is 0 Å². The van der Waals surface area contributed by atoms with Gasteiger partial charge in [-0.15, -0.1) is 0 Å². The molecule has 63 heavy (non-hydrogen) atoms. The van der Waals surface area contributed by atoms with E-state index in [1.54, 1.807) is 0 Å². The predicted molar refractivity (Wildman–Crippen MR) is 270 cm³/mol. The summed E-state index contributed by atoms with van der Waals surface area (Å²) in [6.45, 7) is 6.48. The highest BCUT2D eigenvalue weighted by Crippen LogP contribution is 2.14. The van der Waals surface area contributed by atoms with Crippen LogP contribution < -0.4 is 0 Å². The molecule has 0 aliphatic heterocycles. The molecular weight excluding hydrogens is 781 g/mol. The molecule has 0 radical (unpaired) electrons. The number of carbonyl (C=O) groups is 3. The van der Waals surface area contributed by atoms with E-state index in [1.807, 2.05) is 0 Å². The highest BCUT2D eigenvalue weighted by atomic mass is 16.6. The molecule has 1 unspecified atom stereocenters. The second-order valence-electron chi connectivity index (χ2n) is 17.4. The Balaban J connectivity index is 4.35. The predicted octanol–water partition coefficient (Wildman–Crippen LogP) is 17.4. The van der Waals surface area contributed by atoms with Gasteiger partial charge in [-0.3, -0.25) is 14.4 Å². The van der Waals surface area contributed by atoms with Crippen LogP contribution in [0.5, 0.6) is 0 Å². The molecule has 0 fully saturated rings. The lowest BCUT2D eigenvalue weighted by Gasteiger charge is -2.18. The number of unbranched alkanes of at least 4 members (excludes halogenated alkanes) is 24. The third-order valence-electron chi connectivity index (χ3n) is 11.2. The quantitative estimate of drug-likeness (QED) is 0.0262. The van der Waals surface area contributed by atoms with Crippen LogP contribution in [-0.2, 0) is 28.6 Å². The number of carbonyl (C=O) groups excluding carboxylic acids is 3. The largest absolute Gasteiger partial charge is 0.462 e. The summed E-state index contributed by atoms with van der Waals surface area (Å²) in [6, 6.07) is 0. The van der Waals surface area contributed by atoms with Crippen molar-refractivity contribution in [3.05, 3.63) is 72.9 Å². The zero-order valence-electron chi connectivity index (χ0n) is 41.3. The minimum Gasteiger partial charge on any atom is -0.462 e. The average molecular weight is 879 g/mol. The van der Waals surface area contributed by atoms with Gasteiger partial charge in [0, 0.05) is 19.3 Å². The lowest BCUT2D eigenvalue weighted by molar-refractivity contribution is -0.167. The van der Waals surface area contributed by atoms with Gasteiger partial charge in [0.25, 0.3) is 0 Å². The maximum Gasteiger partial charge on any atom is 0.306 e. The minimum atomic E-state index is -0.785. The molecule has 0 bridgehead atoms. The van der Waals surface area contributed by atoms with Crippen LogP contribution in [0.15, 0.2) is 72.9 Å². The normalized spacial score (nSPS) is 12.6. The van der Waals surface area contributed by atoms with Gasteiger partial charge >= 0.3 is 17.9 Å². The van der Waals surface area contributed by atoms with Crippen LogP contribution in [-0.4, -0.2) is 37.2 Å². The molecule has 362 valence electrons. The summed E-state index contributed by atoms with van der Waals surface area (Å²) in [4.78, 5) is 37.9. The topological polar surface area (TPSA) is 78.9 Å². The molecule has 0 amide bonds. The Morgan fingerprint density at radius 1 is 0.333 bits per heavy atom. The summed E-state index contributed by atoms with van der Waals surface area (Å²) < 4.78 is 16.8. The molecule has 0 N–H and O–H groups in total. The van der Waals surface area contributed by atoms with Crippen molar-refractivity contribution < 1.29 is 28.6 Å². The molecule has 0 spiro atoms. The highest BCUT2D eigenvalue weighted by molar-refractivity contribution is 5.71. The van der Waals surface area contributed by atoms with E-state index in [2.05, 4.69) is 93.7 Å². The standard InChI is InChI=1S/C57H98O6/c1-4-7-10-13-16-19-21-23-25-26-27-28-29-30-32-33-35-38-41-44-47-50-56(59)62-53-54(52-61-55(58)49-46-43-40-37-18-15-12-9-6-3)63-57(60)51-48-45-42-39-36-34-31-24-22-20-17-14-11-8-5-2/h7,10,16,19,23-25,27-28,30-32,54H,4-6,8-9,11-15,17-18,20-22,26,29,33-53H2,1-3H3/b10-7-,19-16-,25-23-,28-27-,31-24-,32-30-. The number of hydrogen-bond donors (Lipinski definition) is 0. The SMILES string of the molecule is CC/C=C\C/C=C\C/C=C\C/C=C\C/C=C\CCCCCCCC(=O)OCC(COC(=O)CCCCCCCCCCC)OC(=O)CCCCCCC/C=C\CCCCCCCC. The van der Waals surface area contributed by atoms with E-state index in [0.29, 0.717) is 19.3 Å². The van der Waals surface area contributed by atoms with Gasteiger partial charge in [0.1, 0.15) is 13.2 Å². The first-order valence-electron chi connectivity index (χ1n) is 26.4. The molecule has 0 saturated heterocycles. The lowest BCUT2D eigenvalue weighted by Crippen LogP contribution is -2.30. The van der Waals surface area contributed by atoms with Crippen LogP contribution >= 0.6 is 0 Å². The molecule has 0 aliphatic rings. The zero-order valence-corrected chi connectivity index (χ0v) is 41.3. The van der Waals surface area contributed by atoms with Crippen LogP contribution in [0.4, 0.5) is 0 Å². The van der Waals surface area contributed by atoms with Crippen molar-refractivity contribution in [1.29, 1.82) is 0 Å². The maximum absolute atomic E-state index is 12.8. The van der Waals surface area contributed by atoms with Crippen molar-refractivity contribution in [3.63, 3.8) is 0 Å². The van der Waals surface area contributed by atoms with E-state index < -0.39 is 6.10 Å². The summed E-state index contributed by atoms with van der Waals surface area (Å²) >= 11 is 0. The Kier molecular flexibility index (Phi) is 48.9. The number of hydrogen-bond acceptors (Lipinski definition) is 6. The molecule has 1 atom stereocenters. The summed E-state index contributed by atoms with van der Waals surface area (Å²) in [7, 11) is 0. The summed E-state index contributed by atoms with van der Waals surface area (Å²) in [5.74, 6) is -0.912. The van der Waals surface area contributed by atoms with E-state index >= 15 is 0 Å². The summed E-state index contributed by atoms with van der Waals surface area (Å²) in [5.41, 5.74) is 0. The maximum atomic E-state index is 12.8. The van der Waals surface area contributed by atoms with E-state index in [4.69, 9.17) is 14.2 Å². The first kappa shape index (κ1) is 59.9. The van der Waals surface area contributed by atoms with E-state index in [-0.39, 0.29) is 31.1 Å². The van der Waals surface area contributed by atoms with Gasteiger partial charge in [-0.05, 0) is 89.9 Å². The third kappa shape index (κ3) is 49.7. The van der Waals surface area contributed by atoms with Gasteiger partial charge in [-0.1, -0.05) is 216 Å². The fourth-order valence-corrected chi connectivity index (χ4v) is 7.23. The van der Waals surface area contributed by atoms with Crippen molar-refractivity contribution >= 4 is 17.9 Å². The number of esters is 3. The monoisotopic (exact) mass is 879 g/mol. The molecule has 0 saturated carbocycles. The van der Waals surface area contributed by atoms with Gasteiger partial charge in [0.2, 0.25) is 0 Å². The first-order valence-corrected chi connectivity index (χ1v) is 26.4. The van der Waals surface area contributed by atoms with Crippen LogP contribution in [0.3, 0.4) is 0 Å². The molecular formula is C57H98O6. The fourth-order valence-electron chi connectivity index (χ4n) is 7.23. The average Bonchev–Trinajstić information content (AvgIpc) is 3.28. The van der Waals surface area contributed by atoms with Gasteiger partial charge in [-0.25, -0.2) is 0 Å². The second kappa shape index (κ2) is 51.5. The minimum absolute atomic E-state index is 0.0838. The van der Waals surface area contributed by atoms with Gasteiger partial charge in [-0.2, -0.15) is 0 Å². The Hall–Kier alpha value is -3.15. The Morgan fingerprint density at radius 2 is 0.619 bits per heavy atom. The lowest BCUT2D eigenvalue weighted by atomic mass is 10.1. The van der Waals surface area contributed by atoms with Crippen molar-refractivity contribution in [3.8, 4) is 0 Å². The van der Waals surface area contributed by atoms with Crippen molar-refractivity contribution in [1.82, 2.24) is 0 Å². The van der Waals surface area contributed by atoms with E-state index in [0.717, 1.165) is 122 Å². The third-order valence-corrected chi connectivity index (χ3v) is 11.2. The molecule has 0 rings (SSSR count). The van der Waals surface area contributed by atoms with Crippen LogP contribution in [0.2, 0.25) is 0 Å². The van der Waals surface area contributed by atoms with Gasteiger partial charge in [0.15, 0.2) is 6.10 Å². The molecule has 6 heteroatoms. The van der Waals surface area contributed by atoms with Crippen LogP contribution in [0, 0.1) is 0 Å². The Labute approximate surface area is 389 Å². The van der Waals surface area contributed by atoms with Crippen molar-refractivity contribution in [2.75, 3.05) is 13.2 Å². The fraction of sp³-hybridized carbons (Fsp3) is 0.737. The molecule has 0 aromatic carbocycles. The Morgan fingerprint density at radius 3 is 0.984 bits per heavy atom. The van der Waals surface area contributed by atoms with E-state index in [9.17, 15) is 14.4 Å². The Bertz CT molecular complexity index is 1190. The number of ether oxygens (including phenoxy) is 3. The smallest absolute Gasteiger partial charge is 0.306 e.